The highest BCUT2D eigenvalue weighted by molar-refractivity contribution is 5.50. The average Bonchev–Trinajstić information content (AvgIpc) is 2.26. The van der Waals surface area contributed by atoms with Crippen LogP contribution in [0, 0.1) is 21.8 Å². The zero-order valence-electron chi connectivity index (χ0n) is 9.68. The third-order valence-corrected chi connectivity index (χ3v) is 2.51. The number of rotatable bonds is 5. The molecular weight excluding hydrogens is 227 g/mol. The van der Waals surface area contributed by atoms with Crippen LogP contribution in [0.15, 0.2) is 18.2 Å². The maximum Gasteiger partial charge on any atom is 0.272 e. The third-order valence-electron chi connectivity index (χ3n) is 2.51. The van der Waals surface area contributed by atoms with Crippen LogP contribution in [-0.4, -0.2) is 22.7 Å². The van der Waals surface area contributed by atoms with Crippen molar-refractivity contribution in [2.75, 3.05) is 11.9 Å². The monoisotopic (exact) mass is 242 g/mol. The molecule has 1 aromatic rings. The average molecular weight is 242 g/mol. The lowest BCUT2D eigenvalue weighted by molar-refractivity contribution is -0.385. The van der Waals surface area contributed by atoms with Gasteiger partial charge in [-0.15, -0.1) is 0 Å². The van der Waals surface area contributed by atoms with Crippen LogP contribution in [0.3, 0.4) is 0 Å². The summed E-state index contributed by atoms with van der Waals surface area (Å²) >= 11 is 0. The van der Waals surface area contributed by atoms with E-state index in [0.29, 0.717) is 0 Å². The van der Waals surface area contributed by atoms with Crippen molar-refractivity contribution in [3.8, 4) is 0 Å². The Morgan fingerprint density at radius 2 is 2.18 bits per heavy atom. The fraction of sp³-hybridized carbons (Fsp3) is 0.455. The smallest absolute Gasteiger partial charge is 0.272 e. The van der Waals surface area contributed by atoms with Gasteiger partial charge < -0.3 is 10.4 Å². The van der Waals surface area contributed by atoms with Crippen LogP contribution in [0.1, 0.15) is 13.8 Å². The van der Waals surface area contributed by atoms with Crippen molar-refractivity contribution in [1.82, 2.24) is 0 Å². The minimum Gasteiger partial charge on any atom is -0.394 e. The van der Waals surface area contributed by atoms with Gasteiger partial charge in [0.25, 0.3) is 5.69 Å². The van der Waals surface area contributed by atoms with Gasteiger partial charge in [0, 0.05) is 6.07 Å². The summed E-state index contributed by atoms with van der Waals surface area (Å²) in [6.45, 7) is 3.64. The quantitative estimate of drug-likeness (QED) is 0.612. The molecule has 1 atom stereocenters. The van der Waals surface area contributed by atoms with Gasteiger partial charge in [0.15, 0.2) is 5.82 Å². The van der Waals surface area contributed by atoms with Crippen LogP contribution in [0.25, 0.3) is 0 Å². The lowest BCUT2D eigenvalue weighted by Gasteiger charge is -2.21. The summed E-state index contributed by atoms with van der Waals surface area (Å²) in [6.07, 6.45) is 0. The van der Waals surface area contributed by atoms with E-state index in [4.69, 9.17) is 5.11 Å². The Morgan fingerprint density at radius 1 is 1.53 bits per heavy atom. The molecule has 0 aliphatic rings. The SMILES string of the molecule is CC(C)[C@H](CO)Nc1ccc([N+](=O)[O-])cc1F. The van der Waals surface area contributed by atoms with E-state index in [0.717, 1.165) is 6.07 Å². The summed E-state index contributed by atoms with van der Waals surface area (Å²) in [5.41, 5.74) is -0.138. The van der Waals surface area contributed by atoms with E-state index in [1.165, 1.54) is 12.1 Å². The van der Waals surface area contributed by atoms with Crippen LogP contribution >= 0.6 is 0 Å². The standard InChI is InChI=1S/C11H15FN2O3/c1-7(2)11(6-15)13-10-4-3-8(14(16)17)5-9(10)12/h3-5,7,11,13,15H,6H2,1-2H3/t11-/m0/s1. The van der Waals surface area contributed by atoms with Crippen LogP contribution in [-0.2, 0) is 0 Å². The van der Waals surface area contributed by atoms with Gasteiger partial charge >= 0.3 is 0 Å². The first-order valence-electron chi connectivity index (χ1n) is 5.27. The molecule has 17 heavy (non-hydrogen) atoms. The van der Waals surface area contributed by atoms with E-state index in [2.05, 4.69) is 5.32 Å². The molecule has 0 saturated heterocycles. The number of non-ortho nitro benzene ring substituents is 1. The van der Waals surface area contributed by atoms with Crippen LogP contribution in [0.5, 0.6) is 0 Å². The molecule has 5 nitrogen and oxygen atoms in total. The van der Waals surface area contributed by atoms with E-state index in [-0.39, 0.29) is 29.9 Å². The van der Waals surface area contributed by atoms with Crippen molar-refractivity contribution in [1.29, 1.82) is 0 Å². The van der Waals surface area contributed by atoms with Crippen molar-refractivity contribution in [3.63, 3.8) is 0 Å². The highest BCUT2D eigenvalue weighted by atomic mass is 19.1. The lowest BCUT2D eigenvalue weighted by atomic mass is 10.1. The highest BCUT2D eigenvalue weighted by Crippen LogP contribution is 2.22. The maximum absolute atomic E-state index is 13.5. The van der Waals surface area contributed by atoms with E-state index in [9.17, 15) is 14.5 Å². The topological polar surface area (TPSA) is 75.4 Å². The van der Waals surface area contributed by atoms with Gasteiger partial charge in [-0.05, 0) is 12.0 Å². The second-order valence-electron chi connectivity index (χ2n) is 4.10. The van der Waals surface area contributed by atoms with Crippen LogP contribution < -0.4 is 5.32 Å². The molecule has 0 saturated carbocycles. The van der Waals surface area contributed by atoms with Crippen molar-refractivity contribution in [2.24, 2.45) is 5.92 Å². The van der Waals surface area contributed by atoms with Crippen molar-refractivity contribution >= 4 is 11.4 Å². The van der Waals surface area contributed by atoms with E-state index < -0.39 is 10.7 Å². The molecule has 6 heteroatoms. The number of anilines is 1. The zero-order valence-corrected chi connectivity index (χ0v) is 9.68. The zero-order chi connectivity index (χ0) is 13.0. The van der Waals surface area contributed by atoms with E-state index in [1.54, 1.807) is 0 Å². The molecule has 2 N–H and O–H groups in total. The maximum atomic E-state index is 13.5. The van der Waals surface area contributed by atoms with Gasteiger partial charge in [0.05, 0.1) is 29.3 Å². The van der Waals surface area contributed by atoms with Crippen molar-refractivity contribution < 1.29 is 14.4 Å². The number of aliphatic hydroxyl groups excluding tert-OH is 1. The number of halogens is 1. The lowest BCUT2D eigenvalue weighted by Crippen LogP contribution is -2.29. The summed E-state index contributed by atoms with van der Waals surface area (Å²) in [5.74, 6) is -0.576. The fourth-order valence-corrected chi connectivity index (χ4v) is 1.36. The molecule has 0 spiro atoms. The van der Waals surface area contributed by atoms with Gasteiger partial charge in [-0.2, -0.15) is 0 Å². The Morgan fingerprint density at radius 3 is 2.59 bits per heavy atom. The molecule has 0 heterocycles. The van der Waals surface area contributed by atoms with Crippen LogP contribution in [0.2, 0.25) is 0 Å². The number of nitrogens with zero attached hydrogens (tertiary/aromatic N) is 1. The number of aliphatic hydroxyl groups is 1. The fourth-order valence-electron chi connectivity index (χ4n) is 1.36. The predicted octanol–water partition coefficient (Wildman–Crippen LogP) is 2.16. The number of nitrogens with one attached hydrogen (secondary N) is 1. The summed E-state index contributed by atoms with van der Waals surface area (Å²) < 4.78 is 13.5. The largest absolute Gasteiger partial charge is 0.394 e. The molecule has 1 aromatic carbocycles. The summed E-state index contributed by atoms with van der Waals surface area (Å²) in [4.78, 5) is 9.78. The Kier molecular flexibility index (Phi) is 4.39. The Bertz CT molecular complexity index is 410. The summed E-state index contributed by atoms with van der Waals surface area (Å²) in [7, 11) is 0. The molecule has 0 bridgehead atoms. The summed E-state index contributed by atoms with van der Waals surface area (Å²) in [5, 5.41) is 22.3. The first kappa shape index (κ1) is 13.4. The first-order valence-corrected chi connectivity index (χ1v) is 5.27. The summed E-state index contributed by atoms with van der Waals surface area (Å²) in [6, 6.07) is 3.10. The molecule has 94 valence electrons. The molecule has 0 unspecified atom stereocenters. The first-order chi connectivity index (χ1) is 7.95. The van der Waals surface area contributed by atoms with Gasteiger partial charge in [-0.25, -0.2) is 4.39 Å². The molecule has 0 fully saturated rings. The Hall–Kier alpha value is -1.69. The second kappa shape index (κ2) is 5.58. The minimum absolute atomic E-state index is 0.120. The number of nitro groups is 1. The molecule has 0 radical (unpaired) electrons. The van der Waals surface area contributed by atoms with Gasteiger partial charge in [0.2, 0.25) is 0 Å². The molecule has 0 aromatic heterocycles. The minimum atomic E-state index is -0.696. The van der Waals surface area contributed by atoms with Gasteiger partial charge in [-0.1, -0.05) is 13.8 Å². The highest BCUT2D eigenvalue weighted by Gasteiger charge is 2.16. The molecular formula is C11H15FN2O3. The van der Waals surface area contributed by atoms with E-state index in [1.807, 2.05) is 13.8 Å². The van der Waals surface area contributed by atoms with Crippen molar-refractivity contribution in [2.45, 2.75) is 19.9 Å². The molecule has 0 amide bonds. The van der Waals surface area contributed by atoms with E-state index >= 15 is 0 Å². The predicted molar refractivity (Wildman–Crippen MR) is 62.4 cm³/mol. The molecule has 1 rings (SSSR count). The Balaban J connectivity index is 2.89. The molecule has 0 aliphatic carbocycles. The van der Waals surface area contributed by atoms with Gasteiger partial charge in [0.1, 0.15) is 0 Å². The molecule has 0 aliphatic heterocycles. The number of nitro benzene ring substituents is 1. The number of benzene rings is 1. The normalized spacial score (nSPS) is 12.5. The van der Waals surface area contributed by atoms with Crippen LogP contribution in [0.4, 0.5) is 15.8 Å². The number of hydrogen-bond acceptors (Lipinski definition) is 4. The number of hydrogen-bond donors (Lipinski definition) is 2. The Labute approximate surface area is 98.4 Å². The van der Waals surface area contributed by atoms with Crippen molar-refractivity contribution in [3.05, 3.63) is 34.1 Å². The third kappa shape index (κ3) is 3.39. The second-order valence-corrected chi connectivity index (χ2v) is 4.10. The van der Waals surface area contributed by atoms with Gasteiger partial charge in [-0.3, -0.25) is 10.1 Å².